The molecule has 2 atom stereocenters. The fraction of sp³-hybridized carbons (Fsp3) is 0.467. The zero-order valence-corrected chi connectivity index (χ0v) is 12.4. The molecule has 0 aromatic heterocycles. The number of rotatable bonds is 6. The van der Waals surface area contributed by atoms with Crippen molar-refractivity contribution in [3.63, 3.8) is 0 Å². The van der Waals surface area contributed by atoms with Crippen LogP contribution in [0, 0.1) is 11.6 Å². The molecule has 1 heterocycles. The van der Waals surface area contributed by atoms with Gasteiger partial charge in [0.25, 0.3) is 0 Å². The van der Waals surface area contributed by atoms with Crippen LogP contribution in [0.4, 0.5) is 8.78 Å². The highest BCUT2D eigenvalue weighted by Gasteiger charge is 2.36. The van der Waals surface area contributed by atoms with Crippen LogP contribution in [0.15, 0.2) is 18.2 Å². The highest BCUT2D eigenvalue weighted by molar-refractivity contribution is 6.45. The number of carbonyl (C=O) groups is 2. The van der Waals surface area contributed by atoms with Gasteiger partial charge >= 0.3 is 13.1 Å². The van der Waals surface area contributed by atoms with Crippen LogP contribution in [0.2, 0.25) is 5.82 Å². The lowest BCUT2D eigenvalue weighted by molar-refractivity contribution is -0.139. The van der Waals surface area contributed by atoms with E-state index < -0.39 is 36.6 Å². The molecule has 0 unspecified atom stereocenters. The second kappa shape index (κ2) is 7.65. The molecule has 1 saturated heterocycles. The maximum Gasteiger partial charge on any atom is 0.458 e. The van der Waals surface area contributed by atoms with E-state index >= 15 is 0 Å². The van der Waals surface area contributed by atoms with E-state index in [0.717, 1.165) is 18.2 Å². The monoisotopic (exact) mass is 326 g/mol. The molecule has 1 aliphatic heterocycles. The summed E-state index contributed by atoms with van der Waals surface area (Å²) in [5.74, 6) is -3.20. The quantitative estimate of drug-likeness (QED) is 0.781. The van der Waals surface area contributed by atoms with Crippen molar-refractivity contribution in [2.45, 2.75) is 44.0 Å². The van der Waals surface area contributed by atoms with Crippen LogP contribution in [-0.2, 0) is 20.7 Å². The molecule has 124 valence electrons. The molecule has 2 N–H and O–H groups in total. The summed E-state index contributed by atoms with van der Waals surface area (Å²) in [5.41, 5.74) is 0.238. The van der Waals surface area contributed by atoms with Gasteiger partial charge in [0.15, 0.2) is 0 Å². The zero-order chi connectivity index (χ0) is 17.0. The molecule has 0 bridgehead atoms. The third-order valence-corrected chi connectivity index (χ3v) is 3.81. The normalized spacial score (nSPS) is 21.3. The summed E-state index contributed by atoms with van der Waals surface area (Å²) in [7, 11) is -1.21. The maximum absolute atomic E-state index is 13.1. The van der Waals surface area contributed by atoms with Crippen LogP contribution in [0.1, 0.15) is 31.2 Å². The molecule has 0 saturated carbocycles. The molecular weight excluding hydrogens is 309 g/mol. The Balaban J connectivity index is 1.87. The molecule has 23 heavy (non-hydrogen) atoms. The van der Waals surface area contributed by atoms with Gasteiger partial charge in [0.1, 0.15) is 17.4 Å². The molecule has 5 nitrogen and oxygen atoms in total. The Morgan fingerprint density at radius 2 is 1.83 bits per heavy atom. The van der Waals surface area contributed by atoms with Gasteiger partial charge in [-0.2, -0.15) is 0 Å². The van der Waals surface area contributed by atoms with Crippen molar-refractivity contribution >= 4 is 18.9 Å². The minimum absolute atomic E-state index is 0.0130. The molecule has 0 spiro atoms. The van der Waals surface area contributed by atoms with E-state index in [1.807, 2.05) is 0 Å². The minimum Gasteiger partial charge on any atom is -0.481 e. The van der Waals surface area contributed by atoms with Gasteiger partial charge in [-0.3, -0.25) is 9.59 Å². The Morgan fingerprint density at radius 1 is 1.17 bits per heavy atom. The van der Waals surface area contributed by atoms with Gasteiger partial charge < -0.3 is 14.8 Å². The zero-order valence-electron chi connectivity index (χ0n) is 12.4. The van der Waals surface area contributed by atoms with Gasteiger partial charge in [0.05, 0.1) is 12.5 Å². The summed E-state index contributed by atoms with van der Waals surface area (Å²) in [5, 5.41) is 18.6. The first-order valence-electron chi connectivity index (χ1n) is 7.35. The van der Waals surface area contributed by atoms with E-state index in [-0.39, 0.29) is 30.6 Å². The van der Waals surface area contributed by atoms with Crippen LogP contribution < -0.4 is 0 Å². The second-order valence-electron chi connectivity index (χ2n) is 5.78. The summed E-state index contributed by atoms with van der Waals surface area (Å²) in [6.07, 6.45) is 0.0276. The maximum atomic E-state index is 13.1. The first-order valence-corrected chi connectivity index (χ1v) is 7.35. The van der Waals surface area contributed by atoms with E-state index in [1.165, 1.54) is 0 Å². The van der Waals surface area contributed by atoms with Crippen LogP contribution in [0.3, 0.4) is 0 Å². The SMILES string of the molecule is O=C(O)C[C@@H]1CC[C@H](CC(=O)Cc2cc(F)cc(F)c2)B(O)O1. The van der Waals surface area contributed by atoms with Gasteiger partial charge in [-0.05, 0) is 30.5 Å². The molecule has 0 amide bonds. The lowest BCUT2D eigenvalue weighted by Crippen LogP contribution is -2.38. The lowest BCUT2D eigenvalue weighted by atomic mass is 9.64. The third-order valence-electron chi connectivity index (χ3n) is 3.81. The average Bonchev–Trinajstić information content (AvgIpc) is 2.40. The second-order valence-corrected chi connectivity index (χ2v) is 5.78. The predicted octanol–water partition coefficient (Wildman–Crippen LogP) is 1.97. The van der Waals surface area contributed by atoms with Gasteiger partial charge in [0, 0.05) is 24.7 Å². The van der Waals surface area contributed by atoms with Crippen molar-refractivity contribution < 1.29 is 33.2 Å². The Kier molecular flexibility index (Phi) is 5.84. The molecule has 8 heteroatoms. The predicted molar refractivity (Wildman–Crippen MR) is 77.8 cm³/mol. The number of ketones is 1. The van der Waals surface area contributed by atoms with Crippen molar-refractivity contribution in [2.24, 2.45) is 0 Å². The summed E-state index contributed by atoms with van der Waals surface area (Å²) >= 11 is 0. The van der Waals surface area contributed by atoms with E-state index in [9.17, 15) is 23.4 Å². The molecule has 0 radical (unpaired) electrons. The van der Waals surface area contributed by atoms with Crippen molar-refractivity contribution in [1.82, 2.24) is 0 Å². The number of hydrogen-bond donors (Lipinski definition) is 2. The van der Waals surface area contributed by atoms with Crippen LogP contribution >= 0.6 is 0 Å². The van der Waals surface area contributed by atoms with Crippen molar-refractivity contribution in [3.05, 3.63) is 35.4 Å². The first-order chi connectivity index (χ1) is 10.8. The molecule has 2 rings (SSSR count). The number of benzene rings is 1. The topological polar surface area (TPSA) is 83.8 Å². The summed E-state index contributed by atoms with van der Waals surface area (Å²) in [4.78, 5) is 22.6. The smallest absolute Gasteiger partial charge is 0.458 e. The lowest BCUT2D eigenvalue weighted by Gasteiger charge is -2.30. The van der Waals surface area contributed by atoms with Crippen LogP contribution in [0.25, 0.3) is 0 Å². The highest BCUT2D eigenvalue weighted by atomic mass is 19.1. The molecule has 1 aliphatic rings. The number of carboxylic acids is 1. The van der Waals surface area contributed by atoms with Gasteiger partial charge in [-0.15, -0.1) is 0 Å². The van der Waals surface area contributed by atoms with E-state index in [2.05, 4.69) is 0 Å². The number of hydrogen-bond acceptors (Lipinski definition) is 4. The number of carbonyl (C=O) groups excluding carboxylic acids is 1. The molecular formula is C15H17BF2O5. The summed E-state index contributed by atoms with van der Waals surface area (Å²) < 4.78 is 31.4. The summed E-state index contributed by atoms with van der Waals surface area (Å²) in [6.45, 7) is 0. The number of Topliss-reactive ketones (excluding diaryl/α,β-unsaturated/α-hetero) is 1. The third kappa shape index (κ3) is 5.40. The fourth-order valence-electron chi connectivity index (χ4n) is 2.77. The van der Waals surface area contributed by atoms with E-state index in [4.69, 9.17) is 9.76 Å². The number of carboxylic acid groups (broad SMARTS) is 1. The van der Waals surface area contributed by atoms with Crippen molar-refractivity contribution in [1.29, 1.82) is 0 Å². The molecule has 1 aromatic carbocycles. The van der Waals surface area contributed by atoms with E-state index in [1.54, 1.807) is 0 Å². The standard InChI is InChI=1S/C15H17BF2O5/c17-11-3-9(4-12(18)7-11)5-13(19)6-10-1-2-14(8-15(20)21)23-16(10)22/h3-4,7,10,14,22H,1-2,5-6,8H2,(H,20,21)/t10-,14+/m1/s1. The first kappa shape index (κ1) is 17.6. The highest BCUT2D eigenvalue weighted by Crippen LogP contribution is 2.31. The van der Waals surface area contributed by atoms with E-state index in [0.29, 0.717) is 12.8 Å². The van der Waals surface area contributed by atoms with Gasteiger partial charge in [-0.1, -0.05) is 0 Å². The summed E-state index contributed by atoms with van der Waals surface area (Å²) in [6, 6.07) is 2.92. The Labute approximate surface area is 132 Å². The number of halogens is 2. The fourth-order valence-corrected chi connectivity index (χ4v) is 2.77. The molecule has 1 fully saturated rings. The van der Waals surface area contributed by atoms with Gasteiger partial charge in [-0.25, -0.2) is 8.78 Å². The van der Waals surface area contributed by atoms with Gasteiger partial charge in [0.2, 0.25) is 0 Å². The molecule has 0 aliphatic carbocycles. The number of aliphatic carboxylic acids is 1. The van der Waals surface area contributed by atoms with Crippen molar-refractivity contribution in [3.8, 4) is 0 Å². The van der Waals surface area contributed by atoms with Crippen LogP contribution in [-0.4, -0.2) is 35.1 Å². The Hall–Kier alpha value is -1.80. The Bertz CT molecular complexity index is 575. The van der Waals surface area contributed by atoms with Crippen LogP contribution in [0.5, 0.6) is 0 Å². The molecule has 1 aromatic rings. The van der Waals surface area contributed by atoms with Crippen molar-refractivity contribution in [2.75, 3.05) is 0 Å². The largest absolute Gasteiger partial charge is 0.481 e. The average molecular weight is 326 g/mol. The minimum atomic E-state index is -1.21. The Morgan fingerprint density at radius 3 is 2.39 bits per heavy atom.